The SMILES string of the molecule is Fc1cc2c(cc1Cl)nc(CCCl)n2CCC1CCCO1. The Morgan fingerprint density at radius 1 is 1.43 bits per heavy atom. The topological polar surface area (TPSA) is 27.1 Å². The van der Waals surface area contributed by atoms with Gasteiger partial charge < -0.3 is 9.30 Å². The first-order valence-corrected chi connectivity index (χ1v) is 8.12. The van der Waals surface area contributed by atoms with Crippen LogP contribution < -0.4 is 0 Å². The lowest BCUT2D eigenvalue weighted by Crippen LogP contribution is -2.12. The molecule has 1 saturated heterocycles. The summed E-state index contributed by atoms with van der Waals surface area (Å²) >= 11 is 11.7. The maximum atomic E-state index is 13.7. The van der Waals surface area contributed by atoms with Gasteiger partial charge in [-0.15, -0.1) is 11.6 Å². The van der Waals surface area contributed by atoms with Crippen LogP contribution >= 0.6 is 23.2 Å². The number of fused-ring (bicyclic) bond motifs is 1. The van der Waals surface area contributed by atoms with Crippen molar-refractivity contribution in [1.82, 2.24) is 9.55 Å². The quantitative estimate of drug-likeness (QED) is 0.769. The molecule has 1 atom stereocenters. The molecule has 1 unspecified atom stereocenters. The molecule has 0 bridgehead atoms. The van der Waals surface area contributed by atoms with Crippen LogP contribution in [-0.2, 0) is 17.7 Å². The molecule has 1 fully saturated rings. The van der Waals surface area contributed by atoms with E-state index in [0.29, 0.717) is 23.9 Å². The molecule has 114 valence electrons. The number of aryl methyl sites for hydroxylation is 2. The monoisotopic (exact) mass is 330 g/mol. The number of nitrogens with zero attached hydrogens (tertiary/aromatic N) is 2. The Morgan fingerprint density at radius 2 is 2.29 bits per heavy atom. The Labute approximate surface area is 133 Å². The smallest absolute Gasteiger partial charge is 0.144 e. The van der Waals surface area contributed by atoms with Crippen molar-refractivity contribution >= 4 is 34.2 Å². The summed E-state index contributed by atoms with van der Waals surface area (Å²) in [7, 11) is 0. The van der Waals surface area contributed by atoms with Crippen LogP contribution in [0.4, 0.5) is 4.39 Å². The molecule has 2 aromatic rings. The van der Waals surface area contributed by atoms with Crippen molar-refractivity contribution in [3.63, 3.8) is 0 Å². The minimum absolute atomic E-state index is 0.101. The molecule has 0 N–H and O–H groups in total. The van der Waals surface area contributed by atoms with Crippen molar-refractivity contribution in [2.24, 2.45) is 0 Å². The number of imidazole rings is 1. The summed E-state index contributed by atoms with van der Waals surface area (Å²) in [6.07, 6.45) is 4.07. The van der Waals surface area contributed by atoms with E-state index in [4.69, 9.17) is 27.9 Å². The van der Waals surface area contributed by atoms with Gasteiger partial charge in [-0.2, -0.15) is 0 Å². The first kappa shape index (κ1) is 15.1. The Bertz CT molecular complexity index is 638. The van der Waals surface area contributed by atoms with Crippen molar-refractivity contribution < 1.29 is 9.13 Å². The van der Waals surface area contributed by atoms with Crippen LogP contribution in [0, 0.1) is 5.82 Å². The van der Waals surface area contributed by atoms with Crippen LogP contribution in [0.2, 0.25) is 5.02 Å². The number of hydrogen-bond donors (Lipinski definition) is 0. The predicted octanol–water partition coefficient (Wildman–Crippen LogP) is 4.18. The molecule has 0 amide bonds. The lowest BCUT2D eigenvalue weighted by Gasteiger charge is -2.12. The second-order valence-electron chi connectivity index (χ2n) is 5.30. The fourth-order valence-electron chi connectivity index (χ4n) is 2.84. The lowest BCUT2D eigenvalue weighted by atomic mass is 10.2. The average Bonchev–Trinajstić information content (AvgIpc) is 3.06. The number of rotatable bonds is 5. The first-order valence-electron chi connectivity index (χ1n) is 7.21. The van der Waals surface area contributed by atoms with Gasteiger partial charge in [-0.05, 0) is 25.3 Å². The fourth-order valence-corrected chi connectivity index (χ4v) is 3.17. The fraction of sp³-hybridized carbons (Fsp3) is 0.533. The van der Waals surface area contributed by atoms with E-state index in [1.807, 2.05) is 4.57 Å². The van der Waals surface area contributed by atoms with E-state index in [-0.39, 0.29) is 5.02 Å². The van der Waals surface area contributed by atoms with E-state index in [1.165, 1.54) is 6.07 Å². The summed E-state index contributed by atoms with van der Waals surface area (Å²) < 4.78 is 21.4. The molecule has 1 aromatic carbocycles. The molecule has 1 aromatic heterocycles. The van der Waals surface area contributed by atoms with Gasteiger partial charge in [0.1, 0.15) is 11.6 Å². The molecule has 3 nitrogen and oxygen atoms in total. The van der Waals surface area contributed by atoms with Crippen molar-refractivity contribution in [2.75, 3.05) is 12.5 Å². The molecule has 3 rings (SSSR count). The lowest BCUT2D eigenvalue weighted by molar-refractivity contribution is 0.100. The summed E-state index contributed by atoms with van der Waals surface area (Å²) in [6, 6.07) is 3.03. The van der Waals surface area contributed by atoms with Gasteiger partial charge in [0, 0.05) is 31.5 Å². The van der Waals surface area contributed by atoms with E-state index < -0.39 is 5.82 Å². The summed E-state index contributed by atoms with van der Waals surface area (Å²) in [5, 5.41) is 0.101. The summed E-state index contributed by atoms with van der Waals surface area (Å²) in [4.78, 5) is 4.54. The van der Waals surface area contributed by atoms with E-state index in [0.717, 1.165) is 43.8 Å². The van der Waals surface area contributed by atoms with Crippen molar-refractivity contribution in [1.29, 1.82) is 0 Å². The van der Waals surface area contributed by atoms with Crippen LogP contribution in [0.1, 0.15) is 25.1 Å². The van der Waals surface area contributed by atoms with E-state index >= 15 is 0 Å². The Hall–Kier alpha value is -0.840. The van der Waals surface area contributed by atoms with Gasteiger partial charge in [-0.3, -0.25) is 0 Å². The van der Waals surface area contributed by atoms with Gasteiger partial charge in [-0.25, -0.2) is 9.37 Å². The van der Waals surface area contributed by atoms with Gasteiger partial charge in [0.2, 0.25) is 0 Å². The second-order valence-corrected chi connectivity index (χ2v) is 6.08. The van der Waals surface area contributed by atoms with Gasteiger partial charge in [0.25, 0.3) is 0 Å². The normalized spacial score (nSPS) is 18.7. The third-order valence-corrected chi connectivity index (χ3v) is 4.36. The van der Waals surface area contributed by atoms with Crippen LogP contribution in [-0.4, -0.2) is 28.1 Å². The molecule has 0 saturated carbocycles. The molecular weight excluding hydrogens is 314 g/mol. The number of benzene rings is 1. The molecule has 1 aliphatic rings. The third kappa shape index (κ3) is 3.17. The highest BCUT2D eigenvalue weighted by Crippen LogP contribution is 2.25. The predicted molar refractivity (Wildman–Crippen MR) is 82.7 cm³/mol. The number of alkyl halides is 1. The molecule has 2 heterocycles. The minimum Gasteiger partial charge on any atom is -0.378 e. The van der Waals surface area contributed by atoms with Crippen molar-refractivity contribution in [2.45, 2.75) is 38.3 Å². The van der Waals surface area contributed by atoms with Crippen molar-refractivity contribution in [3.8, 4) is 0 Å². The summed E-state index contributed by atoms with van der Waals surface area (Å²) in [5.74, 6) is 0.943. The van der Waals surface area contributed by atoms with E-state index in [9.17, 15) is 4.39 Å². The van der Waals surface area contributed by atoms with Gasteiger partial charge in [0.05, 0.1) is 22.2 Å². The first-order chi connectivity index (χ1) is 10.2. The molecule has 0 radical (unpaired) electrons. The zero-order chi connectivity index (χ0) is 14.8. The summed E-state index contributed by atoms with van der Waals surface area (Å²) in [6.45, 7) is 1.60. The standard InChI is InChI=1S/C15H17Cl2FN2O/c16-5-3-15-19-13-8-11(17)12(18)9-14(13)20(15)6-4-10-2-1-7-21-10/h8-10H,1-7H2. The Kier molecular flexibility index (Phi) is 4.67. The third-order valence-electron chi connectivity index (χ3n) is 3.89. The Morgan fingerprint density at radius 3 is 3.00 bits per heavy atom. The maximum absolute atomic E-state index is 13.7. The largest absolute Gasteiger partial charge is 0.378 e. The molecule has 0 spiro atoms. The van der Waals surface area contributed by atoms with Crippen LogP contribution in [0.15, 0.2) is 12.1 Å². The van der Waals surface area contributed by atoms with Gasteiger partial charge in [0.15, 0.2) is 0 Å². The second kappa shape index (κ2) is 6.51. The molecule has 21 heavy (non-hydrogen) atoms. The van der Waals surface area contributed by atoms with Crippen LogP contribution in [0.25, 0.3) is 11.0 Å². The maximum Gasteiger partial charge on any atom is 0.144 e. The molecular formula is C15H17Cl2FN2O. The summed E-state index contributed by atoms with van der Waals surface area (Å²) in [5.41, 5.74) is 1.49. The van der Waals surface area contributed by atoms with Crippen LogP contribution in [0.3, 0.4) is 0 Å². The van der Waals surface area contributed by atoms with E-state index in [2.05, 4.69) is 4.98 Å². The van der Waals surface area contributed by atoms with E-state index in [1.54, 1.807) is 6.07 Å². The molecule has 1 aliphatic heterocycles. The highest BCUT2D eigenvalue weighted by molar-refractivity contribution is 6.31. The highest BCUT2D eigenvalue weighted by atomic mass is 35.5. The molecule has 0 aliphatic carbocycles. The van der Waals surface area contributed by atoms with Crippen LogP contribution in [0.5, 0.6) is 0 Å². The number of ether oxygens (including phenoxy) is 1. The average molecular weight is 331 g/mol. The van der Waals surface area contributed by atoms with Gasteiger partial charge in [-0.1, -0.05) is 11.6 Å². The zero-order valence-corrected chi connectivity index (χ0v) is 13.1. The number of halogens is 3. The minimum atomic E-state index is -0.417. The molecule has 6 heteroatoms. The van der Waals surface area contributed by atoms with Crippen molar-refractivity contribution in [3.05, 3.63) is 28.8 Å². The number of aromatic nitrogens is 2. The van der Waals surface area contributed by atoms with Gasteiger partial charge >= 0.3 is 0 Å². The zero-order valence-electron chi connectivity index (χ0n) is 11.6. The Balaban J connectivity index is 1.92. The number of hydrogen-bond acceptors (Lipinski definition) is 2. The highest BCUT2D eigenvalue weighted by Gasteiger charge is 2.18.